The van der Waals surface area contributed by atoms with Crippen LogP contribution in [0.4, 0.5) is 5.69 Å². The van der Waals surface area contributed by atoms with Gasteiger partial charge in [-0.1, -0.05) is 36.4 Å². The third-order valence-electron chi connectivity index (χ3n) is 4.82. The largest absolute Gasteiger partial charge is 0.465 e. The number of methoxy groups -OCH3 is 1. The first-order chi connectivity index (χ1) is 14.5. The molecule has 0 fully saturated rings. The Morgan fingerprint density at radius 1 is 1.03 bits per heavy atom. The van der Waals surface area contributed by atoms with Crippen LogP contribution in [0.25, 0.3) is 22.3 Å². The smallest absolute Gasteiger partial charge is 0.337 e. The molecule has 0 aliphatic carbocycles. The SMILES string of the molecule is COC(=O)c1cccc(NC(=O)c2cc(-c3ccccc3)nc3c2c(C)nn3C)c1. The summed E-state index contributed by atoms with van der Waals surface area (Å²) in [6, 6.07) is 18.1. The molecule has 0 saturated carbocycles. The number of aromatic nitrogens is 3. The molecule has 4 rings (SSSR count). The molecule has 1 N–H and O–H groups in total. The van der Waals surface area contributed by atoms with Crippen LogP contribution in [-0.2, 0) is 11.8 Å². The van der Waals surface area contributed by atoms with Crippen molar-refractivity contribution in [3.63, 3.8) is 0 Å². The first-order valence-corrected chi connectivity index (χ1v) is 9.37. The molecular weight excluding hydrogens is 380 g/mol. The van der Waals surface area contributed by atoms with Crippen molar-refractivity contribution in [2.24, 2.45) is 7.05 Å². The standard InChI is InChI=1S/C23H20N4O3/c1-14-20-18(22(28)24-17-11-7-10-16(12-17)23(29)30-3)13-19(15-8-5-4-6-9-15)25-21(20)27(2)26-14/h4-13H,1-3H3,(H,24,28). The zero-order chi connectivity index (χ0) is 21.3. The molecule has 30 heavy (non-hydrogen) atoms. The summed E-state index contributed by atoms with van der Waals surface area (Å²) in [6.07, 6.45) is 0. The van der Waals surface area contributed by atoms with Gasteiger partial charge in [-0.25, -0.2) is 9.78 Å². The summed E-state index contributed by atoms with van der Waals surface area (Å²) in [4.78, 5) is 29.7. The van der Waals surface area contributed by atoms with Crippen molar-refractivity contribution < 1.29 is 14.3 Å². The van der Waals surface area contributed by atoms with E-state index in [4.69, 9.17) is 9.72 Å². The van der Waals surface area contributed by atoms with Gasteiger partial charge in [0.05, 0.1) is 35.0 Å². The van der Waals surface area contributed by atoms with Crippen molar-refractivity contribution in [1.29, 1.82) is 0 Å². The molecule has 150 valence electrons. The summed E-state index contributed by atoms with van der Waals surface area (Å²) in [5.41, 5.74) is 4.25. The maximum Gasteiger partial charge on any atom is 0.337 e. The Labute approximate surface area is 173 Å². The van der Waals surface area contributed by atoms with E-state index in [1.165, 1.54) is 7.11 Å². The van der Waals surface area contributed by atoms with Crippen LogP contribution in [0.15, 0.2) is 60.7 Å². The monoisotopic (exact) mass is 400 g/mol. The summed E-state index contributed by atoms with van der Waals surface area (Å²) in [7, 11) is 3.12. The molecule has 0 saturated heterocycles. The highest BCUT2D eigenvalue weighted by molar-refractivity contribution is 6.13. The first-order valence-electron chi connectivity index (χ1n) is 9.37. The Morgan fingerprint density at radius 3 is 2.53 bits per heavy atom. The third-order valence-corrected chi connectivity index (χ3v) is 4.82. The molecular formula is C23H20N4O3. The Kier molecular flexibility index (Phi) is 5.02. The van der Waals surface area contributed by atoms with Crippen molar-refractivity contribution in [3.05, 3.63) is 77.5 Å². The first kappa shape index (κ1) is 19.3. The Balaban J connectivity index is 1.79. The summed E-state index contributed by atoms with van der Waals surface area (Å²) in [5, 5.41) is 8.00. The zero-order valence-corrected chi connectivity index (χ0v) is 16.8. The predicted molar refractivity (Wildman–Crippen MR) is 114 cm³/mol. The van der Waals surface area contributed by atoms with Gasteiger partial charge in [0.15, 0.2) is 5.65 Å². The molecule has 2 aromatic carbocycles. The van der Waals surface area contributed by atoms with Gasteiger partial charge >= 0.3 is 5.97 Å². The molecule has 0 aliphatic heterocycles. The van der Waals surface area contributed by atoms with Gasteiger partial charge in [0.1, 0.15) is 0 Å². The van der Waals surface area contributed by atoms with Crippen LogP contribution < -0.4 is 5.32 Å². The second-order valence-corrected chi connectivity index (χ2v) is 6.86. The fraction of sp³-hybridized carbons (Fsp3) is 0.130. The lowest BCUT2D eigenvalue weighted by atomic mass is 10.0. The molecule has 7 heteroatoms. The van der Waals surface area contributed by atoms with Gasteiger partial charge in [-0.05, 0) is 31.2 Å². The average Bonchev–Trinajstić information content (AvgIpc) is 3.06. The number of aryl methyl sites for hydroxylation is 2. The molecule has 0 radical (unpaired) electrons. The highest BCUT2D eigenvalue weighted by Gasteiger charge is 2.19. The number of pyridine rings is 1. The molecule has 0 atom stereocenters. The minimum Gasteiger partial charge on any atom is -0.465 e. The number of hydrogen-bond acceptors (Lipinski definition) is 5. The number of carbonyl (C=O) groups excluding carboxylic acids is 2. The molecule has 0 unspecified atom stereocenters. The Morgan fingerprint density at radius 2 is 1.80 bits per heavy atom. The van der Waals surface area contributed by atoms with Crippen LogP contribution in [0, 0.1) is 6.92 Å². The van der Waals surface area contributed by atoms with E-state index in [2.05, 4.69) is 10.4 Å². The summed E-state index contributed by atoms with van der Waals surface area (Å²) < 4.78 is 6.42. The fourth-order valence-electron chi connectivity index (χ4n) is 3.42. The molecule has 0 spiro atoms. The number of amides is 1. The highest BCUT2D eigenvalue weighted by Crippen LogP contribution is 2.27. The van der Waals surface area contributed by atoms with E-state index < -0.39 is 5.97 Å². The topological polar surface area (TPSA) is 86.1 Å². The van der Waals surface area contributed by atoms with E-state index in [1.54, 1.807) is 42.1 Å². The molecule has 0 bridgehead atoms. The van der Waals surface area contributed by atoms with Crippen LogP contribution >= 0.6 is 0 Å². The average molecular weight is 400 g/mol. The number of hydrogen-bond donors (Lipinski definition) is 1. The van der Waals surface area contributed by atoms with Crippen LogP contribution in [0.5, 0.6) is 0 Å². The number of nitrogens with one attached hydrogen (secondary N) is 1. The lowest BCUT2D eigenvalue weighted by Gasteiger charge is -2.10. The summed E-state index contributed by atoms with van der Waals surface area (Å²) >= 11 is 0. The lowest BCUT2D eigenvalue weighted by molar-refractivity contribution is 0.0600. The normalized spacial score (nSPS) is 10.8. The minimum absolute atomic E-state index is 0.308. The molecule has 1 amide bonds. The number of fused-ring (bicyclic) bond motifs is 1. The van der Waals surface area contributed by atoms with Crippen molar-refractivity contribution in [2.45, 2.75) is 6.92 Å². The number of esters is 1. The van der Waals surface area contributed by atoms with Gasteiger partial charge in [0.2, 0.25) is 0 Å². The van der Waals surface area contributed by atoms with Crippen molar-refractivity contribution in [3.8, 4) is 11.3 Å². The van der Waals surface area contributed by atoms with Crippen LogP contribution in [0.1, 0.15) is 26.4 Å². The lowest BCUT2D eigenvalue weighted by Crippen LogP contribution is -2.14. The number of nitrogens with zero attached hydrogens (tertiary/aromatic N) is 3. The van der Waals surface area contributed by atoms with Gasteiger partial charge in [-0.3, -0.25) is 9.48 Å². The maximum atomic E-state index is 13.2. The van der Waals surface area contributed by atoms with Crippen LogP contribution in [0.3, 0.4) is 0 Å². The molecule has 7 nitrogen and oxygen atoms in total. The second kappa shape index (κ2) is 7.79. The van der Waals surface area contributed by atoms with Gasteiger partial charge in [0, 0.05) is 18.3 Å². The van der Waals surface area contributed by atoms with Crippen LogP contribution in [0.2, 0.25) is 0 Å². The van der Waals surface area contributed by atoms with Gasteiger partial charge in [-0.15, -0.1) is 0 Å². The van der Waals surface area contributed by atoms with Crippen molar-refractivity contribution >= 4 is 28.6 Å². The Bertz CT molecular complexity index is 1260. The zero-order valence-electron chi connectivity index (χ0n) is 16.8. The number of ether oxygens (including phenoxy) is 1. The number of rotatable bonds is 4. The number of carbonyl (C=O) groups is 2. The van der Waals surface area contributed by atoms with Gasteiger partial charge in [-0.2, -0.15) is 5.10 Å². The fourth-order valence-corrected chi connectivity index (χ4v) is 3.42. The maximum absolute atomic E-state index is 13.2. The van der Waals surface area contributed by atoms with Crippen molar-refractivity contribution in [2.75, 3.05) is 12.4 Å². The van der Waals surface area contributed by atoms with Crippen LogP contribution in [-0.4, -0.2) is 33.8 Å². The van der Waals surface area contributed by atoms with Gasteiger partial charge < -0.3 is 10.1 Å². The minimum atomic E-state index is -0.466. The quantitative estimate of drug-likeness (QED) is 0.524. The third kappa shape index (κ3) is 3.53. The van der Waals surface area contributed by atoms with E-state index in [0.717, 1.165) is 5.56 Å². The van der Waals surface area contributed by atoms with Crippen molar-refractivity contribution in [1.82, 2.24) is 14.8 Å². The number of anilines is 1. The highest BCUT2D eigenvalue weighted by atomic mass is 16.5. The molecule has 2 aromatic heterocycles. The summed E-state index contributed by atoms with van der Waals surface area (Å²) in [6.45, 7) is 1.85. The second-order valence-electron chi connectivity index (χ2n) is 6.86. The summed E-state index contributed by atoms with van der Waals surface area (Å²) in [5.74, 6) is -0.774. The predicted octanol–water partition coefficient (Wildman–Crippen LogP) is 3.98. The molecule has 4 aromatic rings. The van der Waals surface area contributed by atoms with E-state index in [0.29, 0.717) is 39.2 Å². The van der Waals surface area contributed by atoms with E-state index in [1.807, 2.05) is 37.3 Å². The molecule has 2 heterocycles. The van der Waals surface area contributed by atoms with E-state index >= 15 is 0 Å². The van der Waals surface area contributed by atoms with E-state index in [-0.39, 0.29) is 5.91 Å². The molecule has 0 aliphatic rings. The Hall–Kier alpha value is -4.00. The van der Waals surface area contributed by atoms with Gasteiger partial charge in [0.25, 0.3) is 5.91 Å². The number of benzene rings is 2. The van der Waals surface area contributed by atoms with E-state index in [9.17, 15) is 9.59 Å².